The lowest BCUT2D eigenvalue weighted by Crippen LogP contribution is -2.51. The molecule has 1 aromatic carbocycles. The van der Waals surface area contributed by atoms with Crippen molar-refractivity contribution in [2.24, 2.45) is 0 Å². The Labute approximate surface area is 128 Å². The van der Waals surface area contributed by atoms with Crippen molar-refractivity contribution >= 4 is 29.2 Å². The number of carbonyl (C=O) groups excluding carboxylic acids is 1. The minimum Gasteiger partial charge on any atom is -0.472 e. The molecular weight excluding hydrogens is 301 g/mol. The van der Waals surface area contributed by atoms with Gasteiger partial charge in [0.2, 0.25) is 0 Å². The van der Waals surface area contributed by atoms with Gasteiger partial charge < -0.3 is 19.9 Å². The first-order chi connectivity index (χ1) is 9.56. The number of hydrogen-bond donors (Lipinski definition) is 1. The van der Waals surface area contributed by atoms with Crippen LogP contribution in [0, 0.1) is 0 Å². The van der Waals surface area contributed by atoms with Gasteiger partial charge in [0.05, 0.1) is 5.02 Å². The Morgan fingerprint density at radius 1 is 1.30 bits per heavy atom. The van der Waals surface area contributed by atoms with Gasteiger partial charge in [-0.05, 0) is 25.2 Å². The number of nitrogens with one attached hydrogen (secondary N) is 1. The van der Waals surface area contributed by atoms with Crippen molar-refractivity contribution in [1.82, 2.24) is 15.1 Å². The van der Waals surface area contributed by atoms with Crippen molar-refractivity contribution in [2.75, 3.05) is 40.0 Å². The first-order valence-electron chi connectivity index (χ1n) is 6.35. The molecule has 0 aromatic heterocycles. The number of piperazine rings is 1. The molecule has 0 atom stereocenters. The topological polar surface area (TPSA) is 44.8 Å². The van der Waals surface area contributed by atoms with Crippen molar-refractivity contribution in [1.29, 1.82) is 0 Å². The van der Waals surface area contributed by atoms with E-state index in [1.807, 2.05) is 7.05 Å². The fraction of sp³-hybridized carbons (Fsp3) is 0.462. The molecule has 20 heavy (non-hydrogen) atoms. The third-order valence-electron chi connectivity index (χ3n) is 3.14. The summed E-state index contributed by atoms with van der Waals surface area (Å²) in [6.07, 6.45) is 0. The molecule has 0 spiro atoms. The summed E-state index contributed by atoms with van der Waals surface area (Å²) in [5.41, 5.74) is 0. The highest BCUT2D eigenvalue weighted by atomic mass is 35.5. The average molecular weight is 318 g/mol. The van der Waals surface area contributed by atoms with Gasteiger partial charge in [-0.2, -0.15) is 0 Å². The number of nitrogens with zero attached hydrogens (tertiary/aromatic N) is 2. The van der Waals surface area contributed by atoms with Crippen LogP contribution in [-0.4, -0.2) is 55.8 Å². The lowest BCUT2D eigenvalue weighted by atomic mass is 10.3. The predicted molar refractivity (Wildman–Crippen MR) is 79.6 cm³/mol. The summed E-state index contributed by atoms with van der Waals surface area (Å²) in [7, 11) is 2.04. The Hall–Kier alpha value is -1.17. The number of hydrogen-bond acceptors (Lipinski definition) is 3. The molecule has 0 radical (unpaired) electrons. The molecule has 5 nitrogen and oxygen atoms in total. The van der Waals surface area contributed by atoms with E-state index in [4.69, 9.17) is 27.9 Å². The van der Waals surface area contributed by atoms with Gasteiger partial charge in [0, 0.05) is 31.2 Å². The van der Waals surface area contributed by atoms with Crippen molar-refractivity contribution in [3.05, 3.63) is 28.2 Å². The number of likely N-dealkylation sites (N-methyl/N-ethyl adjacent to an activating group) is 1. The van der Waals surface area contributed by atoms with E-state index >= 15 is 0 Å². The molecule has 7 heteroatoms. The number of amides is 2. The summed E-state index contributed by atoms with van der Waals surface area (Å²) in [6.45, 7) is 3.30. The van der Waals surface area contributed by atoms with Gasteiger partial charge in [0.1, 0.15) is 5.75 Å². The SMILES string of the molecule is CN1CCN(C(=O)NCOc2ccc(Cl)cc2Cl)CC1. The Balaban J connectivity index is 1.76. The summed E-state index contributed by atoms with van der Waals surface area (Å²) in [5.74, 6) is 0.495. The Morgan fingerprint density at radius 2 is 2.00 bits per heavy atom. The maximum absolute atomic E-state index is 11.9. The number of halogens is 2. The van der Waals surface area contributed by atoms with E-state index in [-0.39, 0.29) is 12.8 Å². The van der Waals surface area contributed by atoms with Crippen LogP contribution in [0.3, 0.4) is 0 Å². The molecule has 1 aromatic rings. The molecule has 1 N–H and O–H groups in total. The predicted octanol–water partition coefficient (Wildman–Crippen LogP) is 2.29. The smallest absolute Gasteiger partial charge is 0.320 e. The van der Waals surface area contributed by atoms with E-state index in [0.717, 1.165) is 26.2 Å². The molecule has 1 fully saturated rings. The van der Waals surface area contributed by atoms with Crippen LogP contribution in [0.5, 0.6) is 5.75 Å². The third kappa shape index (κ3) is 4.16. The summed E-state index contributed by atoms with van der Waals surface area (Å²) < 4.78 is 5.41. The second-order valence-corrected chi connectivity index (χ2v) is 5.48. The summed E-state index contributed by atoms with van der Waals surface area (Å²) >= 11 is 11.8. The molecular formula is C13H17Cl2N3O2. The molecule has 110 valence electrons. The van der Waals surface area contributed by atoms with Gasteiger partial charge in [-0.1, -0.05) is 23.2 Å². The second kappa shape index (κ2) is 7.02. The second-order valence-electron chi connectivity index (χ2n) is 4.64. The summed E-state index contributed by atoms with van der Waals surface area (Å²) in [4.78, 5) is 15.9. The van der Waals surface area contributed by atoms with E-state index in [2.05, 4.69) is 10.2 Å². The maximum Gasteiger partial charge on any atom is 0.320 e. The maximum atomic E-state index is 11.9. The zero-order chi connectivity index (χ0) is 14.5. The van der Waals surface area contributed by atoms with Crippen LogP contribution in [0.4, 0.5) is 4.79 Å². The highest BCUT2D eigenvalue weighted by molar-refractivity contribution is 6.35. The normalized spacial score (nSPS) is 16.1. The quantitative estimate of drug-likeness (QED) is 0.870. The van der Waals surface area contributed by atoms with Crippen molar-refractivity contribution in [3.8, 4) is 5.75 Å². The highest BCUT2D eigenvalue weighted by Gasteiger charge is 2.18. The average Bonchev–Trinajstić information content (AvgIpc) is 2.42. The van der Waals surface area contributed by atoms with Gasteiger partial charge in [0.25, 0.3) is 0 Å². The van der Waals surface area contributed by atoms with E-state index < -0.39 is 0 Å². The van der Waals surface area contributed by atoms with Crippen LogP contribution in [0.1, 0.15) is 0 Å². The molecule has 2 rings (SSSR count). The largest absolute Gasteiger partial charge is 0.472 e. The van der Waals surface area contributed by atoms with Gasteiger partial charge in [-0.3, -0.25) is 0 Å². The van der Waals surface area contributed by atoms with Crippen LogP contribution < -0.4 is 10.1 Å². The minimum atomic E-state index is -0.122. The van der Waals surface area contributed by atoms with Gasteiger partial charge in [0.15, 0.2) is 6.73 Å². The van der Waals surface area contributed by atoms with E-state index in [1.165, 1.54) is 0 Å². The molecule has 1 aliphatic rings. The van der Waals surface area contributed by atoms with Gasteiger partial charge >= 0.3 is 6.03 Å². The fourth-order valence-corrected chi connectivity index (χ4v) is 2.35. The van der Waals surface area contributed by atoms with Crippen molar-refractivity contribution < 1.29 is 9.53 Å². The van der Waals surface area contributed by atoms with E-state index in [9.17, 15) is 4.79 Å². The number of ether oxygens (including phenoxy) is 1. The highest BCUT2D eigenvalue weighted by Crippen LogP contribution is 2.27. The van der Waals surface area contributed by atoms with Crippen molar-refractivity contribution in [3.63, 3.8) is 0 Å². The van der Waals surface area contributed by atoms with Gasteiger partial charge in [-0.15, -0.1) is 0 Å². The third-order valence-corrected chi connectivity index (χ3v) is 3.67. The van der Waals surface area contributed by atoms with Crippen LogP contribution in [-0.2, 0) is 0 Å². The molecule has 0 unspecified atom stereocenters. The number of benzene rings is 1. The van der Waals surface area contributed by atoms with Crippen LogP contribution >= 0.6 is 23.2 Å². The Bertz CT molecular complexity index is 477. The molecule has 1 saturated heterocycles. The van der Waals surface area contributed by atoms with E-state index in [0.29, 0.717) is 15.8 Å². The standard InChI is InChI=1S/C13H17Cl2N3O2/c1-17-4-6-18(7-5-17)13(19)16-9-20-12-3-2-10(14)8-11(12)15/h2-3,8H,4-7,9H2,1H3,(H,16,19). The number of rotatable bonds is 3. The van der Waals surface area contributed by atoms with Crippen LogP contribution in [0.25, 0.3) is 0 Å². The molecule has 0 aliphatic carbocycles. The van der Waals surface area contributed by atoms with E-state index in [1.54, 1.807) is 23.1 Å². The molecule has 2 amide bonds. The fourth-order valence-electron chi connectivity index (χ4n) is 1.89. The molecule has 0 saturated carbocycles. The zero-order valence-corrected chi connectivity index (χ0v) is 12.7. The van der Waals surface area contributed by atoms with Gasteiger partial charge in [-0.25, -0.2) is 4.79 Å². The Kier molecular flexibility index (Phi) is 5.34. The number of urea groups is 1. The Morgan fingerprint density at radius 3 is 2.65 bits per heavy atom. The lowest BCUT2D eigenvalue weighted by Gasteiger charge is -2.32. The lowest BCUT2D eigenvalue weighted by molar-refractivity contribution is 0.147. The zero-order valence-electron chi connectivity index (χ0n) is 11.2. The van der Waals surface area contributed by atoms with Crippen molar-refractivity contribution in [2.45, 2.75) is 0 Å². The monoisotopic (exact) mass is 317 g/mol. The summed E-state index contributed by atoms with van der Waals surface area (Å²) in [6, 6.07) is 4.83. The first-order valence-corrected chi connectivity index (χ1v) is 7.11. The minimum absolute atomic E-state index is 0.0759. The van der Waals surface area contributed by atoms with Crippen LogP contribution in [0.15, 0.2) is 18.2 Å². The molecule has 0 bridgehead atoms. The summed E-state index contributed by atoms with van der Waals surface area (Å²) in [5, 5.41) is 3.68. The number of carbonyl (C=O) groups is 1. The molecule has 1 heterocycles. The van der Waals surface area contributed by atoms with Crippen LogP contribution in [0.2, 0.25) is 10.0 Å². The first kappa shape index (κ1) is 15.2. The molecule has 1 aliphatic heterocycles.